The number of sulfonamides is 1. The van der Waals surface area contributed by atoms with Crippen LogP contribution in [0.4, 0.5) is 0 Å². The Labute approximate surface area is 163 Å². The molecule has 152 valence electrons. The Bertz CT molecular complexity index is 987. The number of hydrogen-bond donors (Lipinski definition) is 1. The van der Waals surface area contributed by atoms with E-state index in [1.54, 1.807) is 26.0 Å². The topological polar surface area (TPSA) is 123 Å². The predicted octanol–water partition coefficient (Wildman–Crippen LogP) is 1.42. The van der Waals surface area contributed by atoms with Crippen LogP contribution in [0, 0.1) is 20.8 Å². The van der Waals surface area contributed by atoms with Crippen LogP contribution < -0.4 is 0 Å². The second-order valence-corrected chi connectivity index (χ2v) is 8.88. The van der Waals surface area contributed by atoms with E-state index < -0.39 is 34.2 Å². The van der Waals surface area contributed by atoms with Gasteiger partial charge in [-0.1, -0.05) is 11.2 Å². The summed E-state index contributed by atoms with van der Waals surface area (Å²) in [5.74, 6) is -0.256. The number of nitrogens with zero attached hydrogens (tertiary/aromatic N) is 3. The van der Waals surface area contributed by atoms with E-state index in [9.17, 15) is 18.3 Å². The standard InChI is InChI=1S/C18H23N3O6S/c1-10-5-6-15(7-11(10)2)28(24,25)21-9-14(22)8-16(21)18(23)26-12(3)17-19-13(4)20-27-17/h5-7,12,14,16,22H,8-9H2,1-4H3/t12?,14?,16-/m0/s1. The van der Waals surface area contributed by atoms with Crippen LogP contribution in [0.1, 0.15) is 42.3 Å². The van der Waals surface area contributed by atoms with Crippen LogP contribution in [-0.2, 0) is 19.6 Å². The molecule has 1 aromatic heterocycles. The lowest BCUT2D eigenvalue weighted by atomic mass is 10.1. The predicted molar refractivity (Wildman–Crippen MR) is 97.8 cm³/mol. The molecule has 2 aromatic rings. The molecule has 0 bridgehead atoms. The number of aliphatic hydroxyl groups is 1. The average Bonchev–Trinajstić information content (AvgIpc) is 3.23. The zero-order chi connectivity index (χ0) is 20.6. The number of aromatic nitrogens is 2. The summed E-state index contributed by atoms with van der Waals surface area (Å²) in [6.45, 7) is 6.70. The average molecular weight is 409 g/mol. The zero-order valence-electron chi connectivity index (χ0n) is 16.1. The fraction of sp³-hybridized carbons (Fsp3) is 0.500. The van der Waals surface area contributed by atoms with Crippen molar-refractivity contribution in [3.63, 3.8) is 0 Å². The first-order chi connectivity index (χ1) is 13.1. The highest BCUT2D eigenvalue weighted by Gasteiger charge is 2.45. The van der Waals surface area contributed by atoms with Gasteiger partial charge in [-0.25, -0.2) is 8.42 Å². The summed E-state index contributed by atoms with van der Waals surface area (Å²) in [5.41, 5.74) is 1.78. The number of benzene rings is 1. The lowest BCUT2D eigenvalue weighted by Gasteiger charge is -2.23. The third kappa shape index (κ3) is 3.94. The van der Waals surface area contributed by atoms with Gasteiger partial charge in [-0.3, -0.25) is 4.79 Å². The normalized spacial score (nSPS) is 21.6. The smallest absolute Gasteiger partial charge is 0.325 e. The highest BCUT2D eigenvalue weighted by Crippen LogP contribution is 2.29. The van der Waals surface area contributed by atoms with Crippen LogP contribution in [-0.4, -0.2) is 52.6 Å². The quantitative estimate of drug-likeness (QED) is 0.736. The van der Waals surface area contributed by atoms with Gasteiger partial charge in [0.2, 0.25) is 10.0 Å². The fourth-order valence-corrected chi connectivity index (χ4v) is 4.77. The molecule has 0 saturated carbocycles. The van der Waals surface area contributed by atoms with Crippen LogP contribution in [0.3, 0.4) is 0 Å². The number of ether oxygens (including phenoxy) is 1. The van der Waals surface area contributed by atoms with Crippen molar-refractivity contribution >= 4 is 16.0 Å². The van der Waals surface area contributed by atoms with E-state index in [1.165, 1.54) is 6.07 Å². The maximum absolute atomic E-state index is 13.1. The summed E-state index contributed by atoms with van der Waals surface area (Å²) in [6.07, 6.45) is -1.84. The van der Waals surface area contributed by atoms with E-state index in [-0.39, 0.29) is 23.8 Å². The van der Waals surface area contributed by atoms with Gasteiger partial charge in [0.05, 0.1) is 11.0 Å². The summed E-state index contributed by atoms with van der Waals surface area (Å²) in [4.78, 5) is 16.7. The van der Waals surface area contributed by atoms with Crippen molar-refractivity contribution < 1.29 is 27.6 Å². The van der Waals surface area contributed by atoms with Crippen LogP contribution in [0.2, 0.25) is 0 Å². The van der Waals surface area contributed by atoms with Gasteiger partial charge >= 0.3 is 5.97 Å². The highest BCUT2D eigenvalue weighted by molar-refractivity contribution is 7.89. The molecule has 2 heterocycles. The maximum atomic E-state index is 13.1. The first kappa shape index (κ1) is 20.4. The zero-order valence-corrected chi connectivity index (χ0v) is 16.9. The second kappa shape index (κ2) is 7.61. The van der Waals surface area contributed by atoms with Gasteiger partial charge in [0.25, 0.3) is 5.89 Å². The Hall–Kier alpha value is -2.30. The monoisotopic (exact) mass is 409 g/mol. The third-order valence-electron chi connectivity index (χ3n) is 4.77. The van der Waals surface area contributed by atoms with Gasteiger partial charge in [-0.15, -0.1) is 0 Å². The van der Waals surface area contributed by atoms with Crippen LogP contribution in [0.25, 0.3) is 0 Å². The van der Waals surface area contributed by atoms with Gasteiger partial charge in [-0.2, -0.15) is 9.29 Å². The van der Waals surface area contributed by atoms with E-state index in [0.717, 1.165) is 15.4 Å². The molecule has 0 spiro atoms. The number of aliphatic hydroxyl groups excluding tert-OH is 1. The van der Waals surface area contributed by atoms with Crippen molar-refractivity contribution in [2.45, 2.75) is 57.3 Å². The maximum Gasteiger partial charge on any atom is 0.325 e. The molecule has 1 aliphatic heterocycles. The van der Waals surface area contributed by atoms with Crippen molar-refractivity contribution in [2.24, 2.45) is 0 Å². The number of β-amino-alcohol motifs (C(OH)–C–C–N with tert-alkyl or cyclic N) is 1. The highest BCUT2D eigenvalue weighted by atomic mass is 32.2. The molecular weight excluding hydrogens is 386 g/mol. The Balaban J connectivity index is 1.83. The minimum atomic E-state index is -3.98. The van der Waals surface area contributed by atoms with Crippen molar-refractivity contribution in [3.05, 3.63) is 41.0 Å². The van der Waals surface area contributed by atoms with Crippen LogP contribution >= 0.6 is 0 Å². The molecule has 0 radical (unpaired) electrons. The minimum absolute atomic E-state index is 0.0432. The molecule has 1 fully saturated rings. The molecule has 10 heteroatoms. The molecule has 2 unspecified atom stereocenters. The molecular formula is C18H23N3O6S. The first-order valence-corrected chi connectivity index (χ1v) is 10.3. The van der Waals surface area contributed by atoms with Crippen molar-refractivity contribution in [2.75, 3.05) is 6.54 Å². The molecule has 1 saturated heterocycles. The molecule has 0 aliphatic carbocycles. The number of esters is 1. The summed E-state index contributed by atoms with van der Waals surface area (Å²) >= 11 is 0. The molecule has 1 aromatic carbocycles. The molecule has 28 heavy (non-hydrogen) atoms. The van der Waals surface area contributed by atoms with E-state index >= 15 is 0 Å². The SMILES string of the molecule is Cc1noc(C(C)OC(=O)[C@@H]2CC(O)CN2S(=O)(=O)c2ccc(C)c(C)c2)n1. The summed E-state index contributed by atoms with van der Waals surface area (Å²) in [5, 5.41) is 13.7. The van der Waals surface area contributed by atoms with Gasteiger partial charge in [0.1, 0.15) is 6.04 Å². The Morgan fingerprint density at radius 1 is 1.32 bits per heavy atom. The van der Waals surface area contributed by atoms with Gasteiger partial charge in [0, 0.05) is 13.0 Å². The summed E-state index contributed by atoms with van der Waals surface area (Å²) < 4.78 is 37.5. The summed E-state index contributed by atoms with van der Waals surface area (Å²) in [7, 11) is -3.98. The Morgan fingerprint density at radius 3 is 2.64 bits per heavy atom. The van der Waals surface area contributed by atoms with Gasteiger partial charge in [0.15, 0.2) is 11.9 Å². The third-order valence-corrected chi connectivity index (χ3v) is 6.65. The molecule has 0 amide bonds. The molecule has 9 nitrogen and oxygen atoms in total. The Morgan fingerprint density at radius 2 is 2.04 bits per heavy atom. The van der Waals surface area contributed by atoms with Crippen molar-refractivity contribution in [1.82, 2.24) is 14.4 Å². The second-order valence-electron chi connectivity index (χ2n) is 6.99. The van der Waals surface area contributed by atoms with Crippen molar-refractivity contribution in [3.8, 4) is 0 Å². The largest absolute Gasteiger partial charge is 0.451 e. The van der Waals surface area contributed by atoms with E-state index in [1.807, 2.05) is 13.8 Å². The molecule has 1 aliphatic rings. The lowest BCUT2D eigenvalue weighted by Crippen LogP contribution is -2.41. The summed E-state index contributed by atoms with van der Waals surface area (Å²) in [6, 6.07) is 3.63. The number of aryl methyl sites for hydroxylation is 3. The number of carbonyl (C=O) groups is 1. The van der Waals surface area contributed by atoms with Gasteiger partial charge in [-0.05, 0) is 51.0 Å². The molecule has 1 N–H and O–H groups in total. The van der Waals surface area contributed by atoms with Gasteiger partial charge < -0.3 is 14.4 Å². The van der Waals surface area contributed by atoms with E-state index in [4.69, 9.17) is 9.26 Å². The number of rotatable bonds is 5. The van der Waals surface area contributed by atoms with Crippen LogP contribution in [0.5, 0.6) is 0 Å². The Kier molecular flexibility index (Phi) is 5.55. The van der Waals surface area contributed by atoms with E-state index in [2.05, 4.69) is 10.1 Å². The van der Waals surface area contributed by atoms with Crippen molar-refractivity contribution in [1.29, 1.82) is 0 Å². The number of hydrogen-bond acceptors (Lipinski definition) is 8. The molecule has 3 rings (SSSR count). The number of carbonyl (C=O) groups excluding carboxylic acids is 1. The lowest BCUT2D eigenvalue weighted by molar-refractivity contribution is -0.153. The van der Waals surface area contributed by atoms with Crippen LogP contribution in [0.15, 0.2) is 27.6 Å². The first-order valence-electron chi connectivity index (χ1n) is 8.87. The fourth-order valence-electron chi connectivity index (χ4n) is 3.06. The molecule has 3 atom stereocenters. The minimum Gasteiger partial charge on any atom is -0.451 e. The van der Waals surface area contributed by atoms with E-state index in [0.29, 0.717) is 5.82 Å².